The molecule has 0 aliphatic rings. The Morgan fingerprint density at radius 3 is 2.57 bits per heavy atom. The first-order valence-corrected chi connectivity index (χ1v) is 6.96. The summed E-state index contributed by atoms with van der Waals surface area (Å²) < 4.78 is 10.2. The van der Waals surface area contributed by atoms with Crippen LogP contribution in [-0.2, 0) is 9.59 Å². The van der Waals surface area contributed by atoms with Crippen molar-refractivity contribution in [2.24, 2.45) is 0 Å². The number of rotatable bonds is 8. The minimum Gasteiger partial charge on any atom is -0.497 e. The van der Waals surface area contributed by atoms with Crippen LogP contribution in [0.2, 0.25) is 0 Å². The van der Waals surface area contributed by atoms with E-state index in [1.807, 2.05) is 0 Å². The lowest BCUT2D eigenvalue weighted by Crippen LogP contribution is -2.37. The maximum absolute atomic E-state index is 11.9. The molecular formula is C15H22N2O6. The fourth-order valence-electron chi connectivity index (χ4n) is 1.84. The van der Waals surface area contributed by atoms with E-state index in [4.69, 9.17) is 14.6 Å². The van der Waals surface area contributed by atoms with Crippen molar-refractivity contribution >= 4 is 17.5 Å². The van der Waals surface area contributed by atoms with Crippen LogP contribution in [0.1, 0.15) is 6.42 Å². The average Bonchev–Trinajstić information content (AvgIpc) is 2.54. The molecule has 128 valence electrons. The van der Waals surface area contributed by atoms with Gasteiger partial charge in [0.25, 0.3) is 0 Å². The molecule has 1 aromatic rings. The molecule has 0 saturated heterocycles. The van der Waals surface area contributed by atoms with Crippen LogP contribution < -0.4 is 14.8 Å². The first-order valence-electron chi connectivity index (χ1n) is 6.96. The third kappa shape index (κ3) is 5.76. The van der Waals surface area contributed by atoms with Gasteiger partial charge in [-0.2, -0.15) is 0 Å². The summed E-state index contributed by atoms with van der Waals surface area (Å²) in [5.41, 5.74) is 0.421. The van der Waals surface area contributed by atoms with E-state index >= 15 is 0 Å². The lowest BCUT2D eigenvalue weighted by atomic mass is 10.2. The molecule has 0 aliphatic heterocycles. The van der Waals surface area contributed by atoms with Gasteiger partial charge in [0.1, 0.15) is 17.9 Å². The number of nitrogens with zero attached hydrogens (tertiary/aromatic N) is 1. The first-order chi connectivity index (χ1) is 10.9. The molecule has 0 spiro atoms. The molecule has 0 fully saturated rings. The van der Waals surface area contributed by atoms with Gasteiger partial charge in [-0.15, -0.1) is 0 Å². The quantitative estimate of drug-likeness (QED) is 0.573. The van der Waals surface area contributed by atoms with Crippen LogP contribution in [0, 0.1) is 0 Å². The van der Waals surface area contributed by atoms with Crippen molar-refractivity contribution in [2.75, 3.05) is 39.7 Å². The van der Waals surface area contributed by atoms with Gasteiger partial charge in [0, 0.05) is 19.7 Å². The lowest BCUT2D eigenvalue weighted by molar-refractivity contribution is -0.134. The zero-order chi connectivity index (χ0) is 17.4. The third-order valence-corrected chi connectivity index (χ3v) is 3.12. The van der Waals surface area contributed by atoms with Crippen molar-refractivity contribution in [3.8, 4) is 11.5 Å². The summed E-state index contributed by atoms with van der Waals surface area (Å²) in [7, 11) is 4.42. The van der Waals surface area contributed by atoms with Crippen LogP contribution in [0.15, 0.2) is 18.2 Å². The Kier molecular flexibility index (Phi) is 7.30. The zero-order valence-electron chi connectivity index (χ0n) is 13.4. The fraction of sp³-hybridized carbons (Fsp3) is 0.467. The van der Waals surface area contributed by atoms with E-state index in [2.05, 4.69) is 5.32 Å². The number of benzene rings is 1. The standard InChI is InChI=1S/C15H22N2O6/c1-17(8-10(19)9-18)15(21)7-14(20)16-12-5-4-11(22-2)6-13(12)23-3/h4-6,10,18-19H,7-9H2,1-3H3,(H,16,20)/t10-/m0/s1. The van der Waals surface area contributed by atoms with Gasteiger partial charge in [-0.3, -0.25) is 9.59 Å². The SMILES string of the molecule is COc1ccc(NC(=O)CC(=O)N(C)C[C@H](O)CO)c(OC)c1. The molecular weight excluding hydrogens is 304 g/mol. The van der Waals surface area contributed by atoms with Crippen molar-refractivity contribution in [3.05, 3.63) is 18.2 Å². The molecule has 8 nitrogen and oxygen atoms in total. The molecule has 0 aliphatic carbocycles. The number of likely N-dealkylation sites (N-methyl/N-ethyl adjacent to an activating group) is 1. The number of ether oxygens (including phenoxy) is 2. The van der Waals surface area contributed by atoms with E-state index in [0.717, 1.165) is 0 Å². The van der Waals surface area contributed by atoms with Crippen molar-refractivity contribution < 1.29 is 29.3 Å². The Bertz CT molecular complexity index is 549. The summed E-state index contributed by atoms with van der Waals surface area (Å²) >= 11 is 0. The van der Waals surface area contributed by atoms with Gasteiger partial charge in [-0.05, 0) is 12.1 Å². The Labute approximate surface area is 134 Å². The maximum Gasteiger partial charge on any atom is 0.233 e. The molecule has 1 rings (SSSR count). The van der Waals surface area contributed by atoms with Crippen molar-refractivity contribution in [1.29, 1.82) is 0 Å². The van der Waals surface area contributed by atoms with E-state index < -0.39 is 24.5 Å². The minimum absolute atomic E-state index is 0.0472. The Morgan fingerprint density at radius 1 is 1.30 bits per heavy atom. The van der Waals surface area contributed by atoms with Gasteiger partial charge in [-0.1, -0.05) is 0 Å². The van der Waals surface area contributed by atoms with Gasteiger partial charge in [0.05, 0.1) is 32.6 Å². The number of hydrogen-bond acceptors (Lipinski definition) is 6. The molecule has 8 heteroatoms. The predicted octanol–water partition coefficient (Wildman–Crippen LogP) is -0.156. The van der Waals surface area contributed by atoms with Gasteiger partial charge in [0.2, 0.25) is 11.8 Å². The summed E-state index contributed by atoms with van der Waals surface area (Å²) in [4.78, 5) is 25.0. The molecule has 0 aromatic heterocycles. The third-order valence-electron chi connectivity index (χ3n) is 3.12. The highest BCUT2D eigenvalue weighted by Gasteiger charge is 2.17. The molecule has 23 heavy (non-hydrogen) atoms. The summed E-state index contributed by atoms with van der Waals surface area (Å²) in [6.07, 6.45) is -1.42. The van der Waals surface area contributed by atoms with Crippen molar-refractivity contribution in [2.45, 2.75) is 12.5 Å². The zero-order valence-corrected chi connectivity index (χ0v) is 13.4. The molecule has 0 heterocycles. The van der Waals surface area contributed by atoms with Crippen LogP contribution in [0.5, 0.6) is 11.5 Å². The summed E-state index contributed by atoms with van der Waals surface area (Å²) in [5, 5.41) is 20.6. The Hall–Kier alpha value is -2.32. The number of carbonyl (C=O) groups is 2. The second-order valence-electron chi connectivity index (χ2n) is 4.90. The topological polar surface area (TPSA) is 108 Å². The number of aliphatic hydroxyl groups excluding tert-OH is 2. The molecule has 1 aromatic carbocycles. The van der Waals surface area contributed by atoms with E-state index in [1.165, 1.54) is 26.2 Å². The van der Waals surface area contributed by atoms with Crippen LogP contribution >= 0.6 is 0 Å². The summed E-state index contributed by atoms with van der Waals surface area (Å²) in [6, 6.07) is 4.88. The van der Waals surface area contributed by atoms with Gasteiger partial charge >= 0.3 is 0 Å². The number of methoxy groups -OCH3 is 2. The van der Waals surface area contributed by atoms with E-state index in [0.29, 0.717) is 17.2 Å². The molecule has 1 atom stereocenters. The number of anilines is 1. The first kappa shape index (κ1) is 18.7. The molecule has 0 unspecified atom stereocenters. The number of nitrogens with one attached hydrogen (secondary N) is 1. The maximum atomic E-state index is 11.9. The number of hydrogen-bond donors (Lipinski definition) is 3. The van der Waals surface area contributed by atoms with Gasteiger partial charge in [0.15, 0.2) is 0 Å². The van der Waals surface area contributed by atoms with E-state index in [1.54, 1.807) is 18.2 Å². The smallest absolute Gasteiger partial charge is 0.233 e. The van der Waals surface area contributed by atoms with Gasteiger partial charge < -0.3 is 29.9 Å². The summed E-state index contributed by atoms with van der Waals surface area (Å²) in [6.45, 7) is -0.499. The van der Waals surface area contributed by atoms with Crippen LogP contribution in [0.3, 0.4) is 0 Å². The fourth-order valence-corrected chi connectivity index (χ4v) is 1.84. The molecule has 3 N–H and O–H groups in total. The molecule has 0 bridgehead atoms. The Morgan fingerprint density at radius 2 is 2.00 bits per heavy atom. The lowest BCUT2D eigenvalue weighted by Gasteiger charge is -2.19. The molecule has 0 radical (unpaired) electrons. The van der Waals surface area contributed by atoms with Crippen molar-refractivity contribution in [3.63, 3.8) is 0 Å². The average molecular weight is 326 g/mol. The number of aliphatic hydroxyl groups is 2. The van der Waals surface area contributed by atoms with Crippen LogP contribution in [-0.4, -0.2) is 67.5 Å². The molecule has 0 saturated carbocycles. The van der Waals surface area contributed by atoms with Crippen LogP contribution in [0.4, 0.5) is 5.69 Å². The van der Waals surface area contributed by atoms with E-state index in [-0.39, 0.29) is 13.0 Å². The highest BCUT2D eigenvalue weighted by Crippen LogP contribution is 2.29. The number of amides is 2. The van der Waals surface area contributed by atoms with E-state index in [9.17, 15) is 14.7 Å². The second-order valence-corrected chi connectivity index (χ2v) is 4.90. The monoisotopic (exact) mass is 326 g/mol. The normalized spacial score (nSPS) is 11.5. The largest absolute Gasteiger partial charge is 0.497 e. The van der Waals surface area contributed by atoms with Crippen LogP contribution in [0.25, 0.3) is 0 Å². The van der Waals surface area contributed by atoms with Gasteiger partial charge in [-0.25, -0.2) is 0 Å². The minimum atomic E-state index is -1.03. The summed E-state index contributed by atoms with van der Waals surface area (Å²) in [5.74, 6) is 0.00846. The Balaban J connectivity index is 2.64. The molecule has 2 amide bonds. The predicted molar refractivity (Wildman–Crippen MR) is 83.5 cm³/mol. The highest BCUT2D eigenvalue weighted by atomic mass is 16.5. The highest BCUT2D eigenvalue weighted by molar-refractivity contribution is 6.04. The van der Waals surface area contributed by atoms with Crippen molar-refractivity contribution in [1.82, 2.24) is 4.90 Å². The number of carbonyl (C=O) groups excluding carboxylic acids is 2. The second kappa shape index (κ2) is 8.96.